The molecule has 0 saturated carbocycles. The number of carbonyl (C=O) groups excluding carboxylic acids is 1. The number of hydrazine groups is 2. The predicted octanol–water partition coefficient (Wildman–Crippen LogP) is 0.822. The Labute approximate surface area is 132 Å². The summed E-state index contributed by atoms with van der Waals surface area (Å²) in [6.07, 6.45) is 1.02. The number of likely N-dealkylation sites (N-methyl/N-ethyl adjacent to an activating group) is 1. The Kier molecular flexibility index (Phi) is 4.33. The van der Waals surface area contributed by atoms with Gasteiger partial charge in [-0.25, -0.2) is 5.01 Å². The van der Waals surface area contributed by atoms with Crippen LogP contribution in [0.15, 0.2) is 24.3 Å². The summed E-state index contributed by atoms with van der Waals surface area (Å²) < 4.78 is 0. The Bertz CT molecular complexity index is 541. The molecule has 1 saturated heterocycles. The topological polar surface area (TPSA) is 56.1 Å². The van der Waals surface area contributed by atoms with Crippen molar-refractivity contribution in [3.63, 3.8) is 0 Å². The largest absolute Gasteiger partial charge is 0.368 e. The van der Waals surface area contributed by atoms with E-state index in [0.717, 1.165) is 50.4 Å². The Hall–Kier alpha value is -1.63. The molecule has 0 spiro atoms. The SMILES string of the molecule is CCCN1c2ccccc2C(C(N)=O)N1N1CCN(C)CC1. The van der Waals surface area contributed by atoms with E-state index < -0.39 is 6.04 Å². The number of nitrogens with zero attached hydrogens (tertiary/aromatic N) is 4. The van der Waals surface area contributed by atoms with Crippen molar-refractivity contribution in [1.82, 2.24) is 15.0 Å². The van der Waals surface area contributed by atoms with Crippen LogP contribution in [0.5, 0.6) is 0 Å². The fourth-order valence-corrected chi connectivity index (χ4v) is 3.35. The van der Waals surface area contributed by atoms with Gasteiger partial charge in [0.1, 0.15) is 0 Å². The van der Waals surface area contributed by atoms with E-state index in [-0.39, 0.29) is 5.91 Å². The highest BCUT2D eigenvalue weighted by Crippen LogP contribution is 2.40. The van der Waals surface area contributed by atoms with Crippen molar-refractivity contribution in [1.29, 1.82) is 0 Å². The van der Waals surface area contributed by atoms with Crippen LogP contribution in [0.3, 0.4) is 0 Å². The van der Waals surface area contributed by atoms with E-state index in [0.29, 0.717) is 0 Å². The zero-order valence-electron chi connectivity index (χ0n) is 13.4. The standard InChI is InChI=1S/C16H25N5O/c1-3-8-20-14-7-5-4-6-13(14)15(16(17)22)21(20)19-11-9-18(2)10-12-19/h4-7,15H,3,8-12H2,1-2H3,(H2,17,22). The van der Waals surface area contributed by atoms with E-state index in [4.69, 9.17) is 5.73 Å². The highest BCUT2D eigenvalue weighted by Gasteiger charge is 2.43. The third-order valence-electron chi connectivity index (χ3n) is 4.46. The Balaban J connectivity index is 1.96. The number of hydrogen-bond acceptors (Lipinski definition) is 5. The molecule has 6 nitrogen and oxygen atoms in total. The van der Waals surface area contributed by atoms with E-state index in [1.54, 1.807) is 0 Å². The summed E-state index contributed by atoms with van der Waals surface area (Å²) in [7, 11) is 2.13. The fourth-order valence-electron chi connectivity index (χ4n) is 3.35. The number of primary amides is 1. The van der Waals surface area contributed by atoms with E-state index in [2.05, 4.69) is 40.1 Å². The van der Waals surface area contributed by atoms with Crippen LogP contribution in [0.2, 0.25) is 0 Å². The lowest BCUT2D eigenvalue weighted by atomic mass is 10.1. The van der Waals surface area contributed by atoms with E-state index in [1.807, 2.05) is 18.2 Å². The molecule has 2 heterocycles. The third-order valence-corrected chi connectivity index (χ3v) is 4.46. The summed E-state index contributed by atoms with van der Waals surface area (Å²) >= 11 is 0. The molecule has 1 fully saturated rings. The molecule has 22 heavy (non-hydrogen) atoms. The van der Waals surface area contributed by atoms with Gasteiger partial charge in [0.05, 0.1) is 5.69 Å². The average Bonchev–Trinajstić information content (AvgIpc) is 2.83. The van der Waals surface area contributed by atoms with Crippen LogP contribution in [-0.4, -0.2) is 60.7 Å². The quantitative estimate of drug-likeness (QED) is 0.892. The Morgan fingerprint density at radius 2 is 1.91 bits per heavy atom. The molecule has 1 unspecified atom stereocenters. The third kappa shape index (κ3) is 2.58. The van der Waals surface area contributed by atoms with Crippen LogP contribution in [0.25, 0.3) is 0 Å². The second-order valence-corrected chi connectivity index (χ2v) is 6.06. The number of fused-ring (bicyclic) bond motifs is 1. The summed E-state index contributed by atoms with van der Waals surface area (Å²) in [6, 6.07) is 7.70. The number of nitrogens with two attached hydrogens (primary N) is 1. The Morgan fingerprint density at radius 1 is 1.23 bits per heavy atom. The van der Waals surface area contributed by atoms with Gasteiger partial charge in [-0.2, -0.15) is 0 Å². The molecular weight excluding hydrogens is 278 g/mol. The summed E-state index contributed by atoms with van der Waals surface area (Å²) in [5.74, 6) is -0.287. The van der Waals surface area contributed by atoms with E-state index in [9.17, 15) is 4.79 Å². The molecule has 1 aromatic rings. The number of benzene rings is 1. The van der Waals surface area contributed by atoms with E-state index in [1.165, 1.54) is 0 Å². The molecule has 1 amide bonds. The zero-order chi connectivity index (χ0) is 15.7. The van der Waals surface area contributed by atoms with Crippen LogP contribution in [0.4, 0.5) is 5.69 Å². The van der Waals surface area contributed by atoms with Gasteiger partial charge in [0.15, 0.2) is 6.04 Å². The molecule has 0 bridgehead atoms. The summed E-state index contributed by atoms with van der Waals surface area (Å²) in [4.78, 5) is 14.5. The molecule has 0 aromatic heterocycles. The molecule has 120 valence electrons. The van der Waals surface area contributed by atoms with Crippen molar-refractivity contribution >= 4 is 11.6 Å². The molecule has 2 N–H and O–H groups in total. The van der Waals surface area contributed by atoms with Gasteiger partial charge in [-0.3, -0.25) is 9.80 Å². The predicted molar refractivity (Wildman–Crippen MR) is 86.9 cm³/mol. The minimum Gasteiger partial charge on any atom is -0.368 e. The molecule has 1 aromatic carbocycles. The minimum atomic E-state index is -0.397. The number of piperazine rings is 1. The minimum absolute atomic E-state index is 0.287. The number of hydrogen-bond donors (Lipinski definition) is 1. The van der Waals surface area contributed by atoms with Crippen LogP contribution < -0.4 is 10.7 Å². The molecule has 2 aliphatic heterocycles. The maximum absolute atomic E-state index is 12.1. The molecular formula is C16H25N5O. The summed E-state index contributed by atoms with van der Waals surface area (Å²) in [6.45, 7) is 6.86. The van der Waals surface area contributed by atoms with Crippen molar-refractivity contribution in [3.05, 3.63) is 29.8 Å². The fraction of sp³-hybridized carbons (Fsp3) is 0.562. The second kappa shape index (κ2) is 6.24. The van der Waals surface area contributed by atoms with Gasteiger partial charge in [-0.15, -0.1) is 5.12 Å². The van der Waals surface area contributed by atoms with Gasteiger partial charge in [0.2, 0.25) is 5.91 Å². The smallest absolute Gasteiger partial charge is 0.242 e. The first-order chi connectivity index (χ1) is 10.6. The van der Waals surface area contributed by atoms with Crippen LogP contribution >= 0.6 is 0 Å². The number of carbonyl (C=O) groups is 1. The number of anilines is 1. The normalized spacial score (nSPS) is 23.7. The number of amides is 1. The molecule has 3 rings (SSSR count). The molecule has 6 heteroatoms. The first kappa shape index (κ1) is 15.3. The lowest BCUT2D eigenvalue weighted by molar-refractivity contribution is -0.137. The van der Waals surface area contributed by atoms with Crippen molar-refractivity contribution in [3.8, 4) is 0 Å². The summed E-state index contributed by atoms with van der Waals surface area (Å²) in [5, 5.41) is 6.59. The van der Waals surface area contributed by atoms with Crippen molar-refractivity contribution < 1.29 is 4.79 Å². The number of para-hydroxylation sites is 1. The first-order valence-electron chi connectivity index (χ1n) is 8.01. The monoisotopic (exact) mass is 303 g/mol. The molecule has 2 aliphatic rings. The van der Waals surface area contributed by atoms with Crippen molar-refractivity contribution in [2.24, 2.45) is 5.73 Å². The van der Waals surface area contributed by atoms with Crippen molar-refractivity contribution in [2.75, 3.05) is 44.8 Å². The van der Waals surface area contributed by atoms with Crippen LogP contribution in [-0.2, 0) is 4.79 Å². The van der Waals surface area contributed by atoms with Crippen LogP contribution in [0.1, 0.15) is 24.9 Å². The lowest BCUT2D eigenvalue weighted by Gasteiger charge is -2.44. The van der Waals surface area contributed by atoms with Gasteiger partial charge >= 0.3 is 0 Å². The maximum Gasteiger partial charge on any atom is 0.242 e. The Morgan fingerprint density at radius 3 is 2.55 bits per heavy atom. The highest BCUT2D eigenvalue weighted by atomic mass is 16.2. The van der Waals surface area contributed by atoms with E-state index >= 15 is 0 Å². The molecule has 0 aliphatic carbocycles. The maximum atomic E-state index is 12.1. The zero-order valence-corrected chi connectivity index (χ0v) is 13.4. The average molecular weight is 303 g/mol. The number of rotatable bonds is 4. The van der Waals surface area contributed by atoms with Crippen LogP contribution in [0, 0.1) is 0 Å². The lowest BCUT2D eigenvalue weighted by Crippen LogP contribution is -2.59. The summed E-state index contributed by atoms with van der Waals surface area (Å²) in [5.41, 5.74) is 7.87. The van der Waals surface area contributed by atoms with Gasteiger partial charge in [-0.1, -0.05) is 25.1 Å². The molecule has 1 atom stereocenters. The van der Waals surface area contributed by atoms with Gasteiger partial charge in [0.25, 0.3) is 0 Å². The van der Waals surface area contributed by atoms with Gasteiger partial charge < -0.3 is 10.6 Å². The second-order valence-electron chi connectivity index (χ2n) is 6.06. The first-order valence-corrected chi connectivity index (χ1v) is 8.01. The van der Waals surface area contributed by atoms with Gasteiger partial charge in [0, 0.05) is 38.3 Å². The highest BCUT2D eigenvalue weighted by molar-refractivity contribution is 5.85. The van der Waals surface area contributed by atoms with Gasteiger partial charge in [-0.05, 0) is 19.5 Å². The van der Waals surface area contributed by atoms with Crippen molar-refractivity contribution in [2.45, 2.75) is 19.4 Å². The molecule has 0 radical (unpaired) electrons.